The minimum Gasteiger partial charge on any atom is -0.481 e. The average Bonchev–Trinajstić information content (AvgIpc) is 2.15. The van der Waals surface area contributed by atoms with E-state index in [4.69, 9.17) is 5.11 Å². The van der Waals surface area contributed by atoms with E-state index in [1.807, 2.05) is 0 Å². The summed E-state index contributed by atoms with van der Waals surface area (Å²) in [7, 11) is 0. The molecule has 1 aromatic carbocycles. The molecule has 0 radical (unpaired) electrons. The van der Waals surface area contributed by atoms with Crippen molar-refractivity contribution in [2.45, 2.75) is 19.3 Å². The van der Waals surface area contributed by atoms with Crippen molar-refractivity contribution in [3.63, 3.8) is 0 Å². The zero-order valence-corrected chi connectivity index (χ0v) is 7.71. The predicted octanol–water partition coefficient (Wildman–Crippen LogP) is 2.78. The van der Waals surface area contributed by atoms with Gasteiger partial charge in [-0.1, -0.05) is 6.07 Å². The van der Waals surface area contributed by atoms with Crippen LogP contribution < -0.4 is 0 Å². The number of hydrogen-bond acceptors (Lipinski definition) is 1. The van der Waals surface area contributed by atoms with Crippen molar-refractivity contribution < 1.29 is 23.1 Å². The summed E-state index contributed by atoms with van der Waals surface area (Å²) in [5, 5.41) is 8.40. The molecule has 15 heavy (non-hydrogen) atoms. The van der Waals surface area contributed by atoms with Crippen LogP contribution in [-0.2, 0) is 11.2 Å². The molecule has 0 atom stereocenters. The maximum absolute atomic E-state index is 12.7. The van der Waals surface area contributed by atoms with Crippen molar-refractivity contribution >= 4 is 5.97 Å². The molecule has 0 aromatic heterocycles. The lowest BCUT2D eigenvalue weighted by atomic mass is 10.0. The molecule has 0 heterocycles. The van der Waals surface area contributed by atoms with E-state index in [1.54, 1.807) is 0 Å². The van der Waals surface area contributed by atoms with Crippen molar-refractivity contribution in [3.8, 4) is 0 Å². The van der Waals surface area contributed by atoms with Crippen molar-refractivity contribution in [2.24, 2.45) is 0 Å². The number of carbonyl (C=O) groups is 1. The van der Waals surface area contributed by atoms with Crippen molar-refractivity contribution in [2.75, 3.05) is 0 Å². The molecule has 0 saturated heterocycles. The first-order valence-electron chi connectivity index (χ1n) is 4.29. The topological polar surface area (TPSA) is 37.3 Å². The van der Waals surface area contributed by atoms with Gasteiger partial charge in [-0.25, -0.2) is 13.2 Å². The first-order valence-corrected chi connectivity index (χ1v) is 4.29. The fourth-order valence-corrected chi connectivity index (χ4v) is 1.24. The summed E-state index contributed by atoms with van der Waals surface area (Å²) in [6.45, 7) is 0. The Morgan fingerprint density at radius 1 is 1.40 bits per heavy atom. The molecule has 5 heteroatoms. The highest BCUT2D eigenvalue weighted by Gasteiger charge is 2.14. The Morgan fingerprint density at radius 3 is 2.60 bits per heavy atom. The van der Waals surface area contributed by atoms with Gasteiger partial charge >= 0.3 is 5.97 Å². The van der Waals surface area contributed by atoms with Crippen LogP contribution in [0.4, 0.5) is 13.2 Å². The van der Waals surface area contributed by atoms with Gasteiger partial charge in [0.15, 0.2) is 0 Å². The van der Waals surface area contributed by atoms with Gasteiger partial charge in [0.25, 0.3) is 6.43 Å². The zero-order chi connectivity index (χ0) is 11.4. The molecule has 0 saturated carbocycles. The summed E-state index contributed by atoms with van der Waals surface area (Å²) >= 11 is 0. The van der Waals surface area contributed by atoms with Gasteiger partial charge < -0.3 is 5.11 Å². The van der Waals surface area contributed by atoms with E-state index in [-0.39, 0.29) is 18.4 Å². The number of rotatable bonds is 4. The highest BCUT2D eigenvalue weighted by molar-refractivity contribution is 5.67. The normalized spacial score (nSPS) is 10.7. The Morgan fingerprint density at radius 2 is 2.07 bits per heavy atom. The minimum absolute atomic E-state index is 0.0186. The third-order valence-electron chi connectivity index (χ3n) is 1.95. The van der Waals surface area contributed by atoms with Crippen LogP contribution in [0.3, 0.4) is 0 Å². The highest BCUT2D eigenvalue weighted by Crippen LogP contribution is 2.24. The van der Waals surface area contributed by atoms with Crippen molar-refractivity contribution in [3.05, 3.63) is 35.1 Å². The molecule has 0 aliphatic heterocycles. The summed E-state index contributed by atoms with van der Waals surface area (Å²) in [5.74, 6) is -1.82. The maximum Gasteiger partial charge on any atom is 0.303 e. The fraction of sp³-hybridized carbons (Fsp3) is 0.300. The Kier molecular flexibility index (Phi) is 3.71. The molecular formula is C10H9F3O2. The van der Waals surface area contributed by atoms with E-state index >= 15 is 0 Å². The highest BCUT2D eigenvalue weighted by atomic mass is 19.3. The summed E-state index contributed by atoms with van der Waals surface area (Å²) in [5.41, 5.74) is -0.259. The van der Waals surface area contributed by atoms with Crippen LogP contribution in [-0.4, -0.2) is 11.1 Å². The minimum atomic E-state index is -2.79. The largest absolute Gasteiger partial charge is 0.481 e. The summed E-state index contributed by atoms with van der Waals surface area (Å²) in [6.07, 6.45) is -3.05. The third-order valence-corrected chi connectivity index (χ3v) is 1.95. The number of hydrogen-bond donors (Lipinski definition) is 1. The van der Waals surface area contributed by atoms with E-state index in [0.29, 0.717) is 0 Å². The number of halogens is 3. The standard InChI is InChI=1S/C10H9F3O2/c11-7-3-1-6(2-4-9(14)15)8(5-7)10(12)13/h1,3,5,10H,2,4H2,(H,14,15). The lowest BCUT2D eigenvalue weighted by Gasteiger charge is -2.07. The average molecular weight is 218 g/mol. The second-order valence-electron chi connectivity index (χ2n) is 3.04. The quantitative estimate of drug-likeness (QED) is 0.843. The van der Waals surface area contributed by atoms with E-state index in [0.717, 1.165) is 12.1 Å². The van der Waals surface area contributed by atoms with Crippen LogP contribution in [0, 0.1) is 5.82 Å². The van der Waals surface area contributed by atoms with Crippen LogP contribution >= 0.6 is 0 Å². The summed E-state index contributed by atoms with van der Waals surface area (Å²) in [4.78, 5) is 10.3. The Balaban J connectivity index is 2.90. The second kappa shape index (κ2) is 4.82. The van der Waals surface area contributed by atoms with Gasteiger partial charge in [-0.3, -0.25) is 4.79 Å². The molecule has 0 unspecified atom stereocenters. The predicted molar refractivity (Wildman–Crippen MR) is 47.3 cm³/mol. The van der Waals surface area contributed by atoms with Crippen LogP contribution in [0.2, 0.25) is 0 Å². The van der Waals surface area contributed by atoms with E-state index < -0.39 is 23.8 Å². The van der Waals surface area contributed by atoms with Crippen LogP contribution in [0.1, 0.15) is 24.0 Å². The van der Waals surface area contributed by atoms with Gasteiger partial charge in [0, 0.05) is 12.0 Å². The monoisotopic (exact) mass is 218 g/mol. The van der Waals surface area contributed by atoms with Crippen LogP contribution in [0.15, 0.2) is 18.2 Å². The van der Waals surface area contributed by atoms with Crippen LogP contribution in [0.25, 0.3) is 0 Å². The lowest BCUT2D eigenvalue weighted by molar-refractivity contribution is -0.136. The Labute approximate surface area is 84.3 Å². The molecule has 0 fully saturated rings. The third kappa shape index (κ3) is 3.27. The molecule has 1 N–H and O–H groups in total. The molecule has 1 rings (SSSR count). The summed E-state index contributed by atoms with van der Waals surface area (Å²) < 4.78 is 37.5. The van der Waals surface area contributed by atoms with Gasteiger partial charge in [0.05, 0.1) is 0 Å². The summed E-state index contributed by atoms with van der Waals surface area (Å²) in [6, 6.07) is 2.98. The van der Waals surface area contributed by atoms with Gasteiger partial charge in [-0.2, -0.15) is 0 Å². The molecule has 1 aromatic rings. The molecule has 0 aliphatic carbocycles. The van der Waals surface area contributed by atoms with E-state index in [2.05, 4.69) is 0 Å². The zero-order valence-electron chi connectivity index (χ0n) is 7.71. The molecule has 0 bridgehead atoms. The number of carboxylic acids is 1. The Hall–Kier alpha value is -1.52. The SMILES string of the molecule is O=C(O)CCc1ccc(F)cc1C(F)F. The molecule has 0 spiro atoms. The lowest BCUT2D eigenvalue weighted by Crippen LogP contribution is -2.01. The van der Waals surface area contributed by atoms with Crippen molar-refractivity contribution in [1.29, 1.82) is 0 Å². The van der Waals surface area contributed by atoms with Gasteiger partial charge in [-0.05, 0) is 24.1 Å². The van der Waals surface area contributed by atoms with Gasteiger partial charge in [0.2, 0.25) is 0 Å². The maximum atomic E-state index is 12.7. The second-order valence-corrected chi connectivity index (χ2v) is 3.04. The van der Waals surface area contributed by atoms with Gasteiger partial charge in [0.1, 0.15) is 5.82 Å². The molecule has 2 nitrogen and oxygen atoms in total. The Bertz CT molecular complexity index is 364. The fourth-order valence-electron chi connectivity index (χ4n) is 1.24. The van der Waals surface area contributed by atoms with Gasteiger partial charge in [-0.15, -0.1) is 0 Å². The number of benzene rings is 1. The van der Waals surface area contributed by atoms with E-state index in [9.17, 15) is 18.0 Å². The van der Waals surface area contributed by atoms with Crippen LogP contribution in [0.5, 0.6) is 0 Å². The first kappa shape index (κ1) is 11.6. The molecular weight excluding hydrogens is 209 g/mol. The molecule has 0 aliphatic rings. The molecule has 0 amide bonds. The van der Waals surface area contributed by atoms with Crippen molar-refractivity contribution in [1.82, 2.24) is 0 Å². The van der Waals surface area contributed by atoms with E-state index in [1.165, 1.54) is 6.07 Å². The number of aliphatic carboxylic acids is 1. The first-order chi connectivity index (χ1) is 7.00. The number of alkyl halides is 2. The molecule has 82 valence electrons. The number of carboxylic acid groups (broad SMARTS) is 1. The number of aryl methyl sites for hydroxylation is 1. The smallest absolute Gasteiger partial charge is 0.303 e.